The molecule has 180 valence electrons. The van der Waals surface area contributed by atoms with Gasteiger partial charge in [-0.3, -0.25) is 0 Å². The minimum absolute atomic E-state index is 0.0639. The fourth-order valence-corrected chi connectivity index (χ4v) is 4.50. The van der Waals surface area contributed by atoms with Gasteiger partial charge in [-0.15, -0.1) is 0 Å². The van der Waals surface area contributed by atoms with E-state index < -0.39 is 11.9 Å². The lowest BCUT2D eigenvalue weighted by Gasteiger charge is -2.20. The molecule has 1 aliphatic heterocycles. The Hall–Kier alpha value is -4.14. The molecule has 1 unspecified atom stereocenters. The predicted octanol–water partition coefficient (Wildman–Crippen LogP) is 4.53. The second-order valence-corrected chi connectivity index (χ2v) is 8.58. The van der Waals surface area contributed by atoms with Crippen LogP contribution in [0.2, 0.25) is 0 Å². The van der Waals surface area contributed by atoms with Crippen molar-refractivity contribution in [3.05, 3.63) is 71.8 Å². The third-order valence-corrected chi connectivity index (χ3v) is 6.09. The first-order chi connectivity index (χ1) is 16.9. The Balaban J connectivity index is 1.40. The number of carbonyl (C=O) groups excluding carboxylic acids is 1. The van der Waals surface area contributed by atoms with Gasteiger partial charge in [-0.25, -0.2) is 18.7 Å². The van der Waals surface area contributed by atoms with Gasteiger partial charge in [0.2, 0.25) is 0 Å². The molecule has 8 nitrogen and oxygen atoms in total. The normalized spacial score (nSPS) is 15.4. The van der Waals surface area contributed by atoms with E-state index in [9.17, 15) is 9.18 Å². The average Bonchev–Trinajstić information content (AvgIpc) is 3.42. The Morgan fingerprint density at radius 2 is 1.94 bits per heavy atom. The number of anilines is 1. The lowest BCUT2D eigenvalue weighted by atomic mass is 10.1. The first-order valence-electron chi connectivity index (χ1n) is 11.4. The standard InChI is InChI=1S/C26H26FN5O3/c1-16-13-22(31-12-11-19(15-31)29-26(33)35-20-7-5-4-6-8-20)25-28-17(2)24(32(25)30-16)18-9-10-23(34-3)21(27)14-18/h4-10,13-14,19H,11-12,15H2,1-3H3,(H,29,33). The molecule has 2 aromatic carbocycles. The fourth-order valence-electron chi connectivity index (χ4n) is 4.50. The van der Waals surface area contributed by atoms with Crippen molar-refractivity contribution in [3.63, 3.8) is 0 Å². The minimum Gasteiger partial charge on any atom is -0.494 e. The molecule has 1 fully saturated rings. The van der Waals surface area contributed by atoms with Gasteiger partial charge >= 0.3 is 6.09 Å². The highest BCUT2D eigenvalue weighted by Gasteiger charge is 2.28. The van der Waals surface area contributed by atoms with Crippen LogP contribution in [0.5, 0.6) is 11.5 Å². The summed E-state index contributed by atoms with van der Waals surface area (Å²) in [5.74, 6) is 0.246. The summed E-state index contributed by atoms with van der Waals surface area (Å²) in [6.45, 7) is 5.16. The number of halogens is 1. The number of aryl methyl sites for hydroxylation is 2. The Kier molecular flexibility index (Phi) is 5.98. The van der Waals surface area contributed by atoms with E-state index in [0.717, 1.165) is 35.7 Å². The molecular formula is C26H26FN5O3. The number of aromatic nitrogens is 3. The molecule has 0 spiro atoms. The van der Waals surface area contributed by atoms with Crippen molar-refractivity contribution in [1.29, 1.82) is 0 Å². The third kappa shape index (κ3) is 4.49. The molecule has 0 bridgehead atoms. The van der Waals surface area contributed by atoms with Gasteiger partial charge in [-0.1, -0.05) is 18.2 Å². The summed E-state index contributed by atoms with van der Waals surface area (Å²) in [5.41, 5.74) is 4.55. The average molecular weight is 476 g/mol. The molecule has 0 aliphatic carbocycles. The highest BCUT2D eigenvalue weighted by molar-refractivity contribution is 5.76. The summed E-state index contributed by atoms with van der Waals surface area (Å²) in [6.07, 6.45) is 0.299. The molecule has 4 aromatic rings. The lowest BCUT2D eigenvalue weighted by molar-refractivity contribution is 0.197. The maximum absolute atomic E-state index is 14.4. The van der Waals surface area contributed by atoms with Crippen LogP contribution in [0.15, 0.2) is 54.6 Å². The molecule has 1 amide bonds. The van der Waals surface area contributed by atoms with E-state index in [0.29, 0.717) is 23.5 Å². The van der Waals surface area contributed by atoms with Crippen molar-refractivity contribution in [1.82, 2.24) is 19.9 Å². The van der Waals surface area contributed by atoms with Crippen molar-refractivity contribution in [2.24, 2.45) is 0 Å². The van der Waals surface area contributed by atoms with Crippen LogP contribution >= 0.6 is 0 Å². The van der Waals surface area contributed by atoms with Gasteiger partial charge in [0.05, 0.1) is 35.9 Å². The van der Waals surface area contributed by atoms with E-state index in [1.807, 2.05) is 38.1 Å². The summed E-state index contributed by atoms with van der Waals surface area (Å²) >= 11 is 0. The van der Waals surface area contributed by atoms with E-state index >= 15 is 0 Å². The number of para-hydroxylation sites is 1. The summed E-state index contributed by atoms with van der Waals surface area (Å²) in [5, 5.41) is 7.63. The van der Waals surface area contributed by atoms with Crippen molar-refractivity contribution in [2.45, 2.75) is 26.3 Å². The number of hydrogen-bond acceptors (Lipinski definition) is 6. The molecule has 1 atom stereocenters. The predicted molar refractivity (Wildman–Crippen MR) is 131 cm³/mol. The Labute approximate surface area is 202 Å². The largest absolute Gasteiger partial charge is 0.494 e. The first kappa shape index (κ1) is 22.6. The van der Waals surface area contributed by atoms with Gasteiger partial charge in [0.25, 0.3) is 0 Å². The summed E-state index contributed by atoms with van der Waals surface area (Å²) in [7, 11) is 1.44. The topological polar surface area (TPSA) is 81.0 Å². The Morgan fingerprint density at radius 3 is 2.69 bits per heavy atom. The zero-order valence-electron chi connectivity index (χ0n) is 19.8. The number of carbonyl (C=O) groups is 1. The number of methoxy groups -OCH3 is 1. The van der Waals surface area contributed by atoms with Crippen molar-refractivity contribution in [2.75, 3.05) is 25.1 Å². The lowest BCUT2D eigenvalue weighted by Crippen LogP contribution is -2.38. The van der Waals surface area contributed by atoms with Crippen LogP contribution in [0.3, 0.4) is 0 Å². The van der Waals surface area contributed by atoms with Gasteiger partial charge < -0.3 is 19.7 Å². The highest BCUT2D eigenvalue weighted by atomic mass is 19.1. The van der Waals surface area contributed by atoms with E-state index in [1.165, 1.54) is 13.2 Å². The summed E-state index contributed by atoms with van der Waals surface area (Å²) in [4.78, 5) is 19.3. The quantitative estimate of drug-likeness (QED) is 0.457. The number of imidazole rings is 1. The fraction of sp³-hybridized carbons (Fsp3) is 0.269. The number of rotatable bonds is 5. The third-order valence-electron chi connectivity index (χ3n) is 6.09. The van der Waals surface area contributed by atoms with Gasteiger partial charge in [0, 0.05) is 18.7 Å². The minimum atomic E-state index is -0.473. The molecule has 1 saturated heterocycles. The molecule has 9 heteroatoms. The van der Waals surface area contributed by atoms with Crippen LogP contribution < -0.4 is 19.7 Å². The van der Waals surface area contributed by atoms with Gasteiger partial charge in [-0.05, 0) is 56.7 Å². The second kappa shape index (κ2) is 9.25. The van der Waals surface area contributed by atoms with Crippen LogP contribution in [0.4, 0.5) is 14.9 Å². The van der Waals surface area contributed by atoms with Crippen molar-refractivity contribution in [3.8, 4) is 22.8 Å². The van der Waals surface area contributed by atoms with Crippen LogP contribution in [0.25, 0.3) is 16.9 Å². The zero-order valence-corrected chi connectivity index (χ0v) is 19.8. The molecule has 2 aromatic heterocycles. The second-order valence-electron chi connectivity index (χ2n) is 8.58. The van der Waals surface area contributed by atoms with Crippen LogP contribution in [0.1, 0.15) is 17.8 Å². The Bertz CT molecular complexity index is 1390. The smallest absolute Gasteiger partial charge is 0.412 e. The monoisotopic (exact) mass is 475 g/mol. The van der Waals surface area contributed by atoms with E-state index in [2.05, 4.69) is 15.3 Å². The van der Waals surface area contributed by atoms with E-state index in [1.54, 1.807) is 28.8 Å². The van der Waals surface area contributed by atoms with Crippen LogP contribution in [-0.4, -0.2) is 46.9 Å². The number of benzene rings is 2. The summed E-state index contributed by atoms with van der Waals surface area (Å²) < 4.78 is 26.6. The van der Waals surface area contributed by atoms with Gasteiger partial charge in [-0.2, -0.15) is 5.10 Å². The number of ether oxygens (including phenoxy) is 2. The number of amides is 1. The number of fused-ring (bicyclic) bond motifs is 1. The zero-order chi connectivity index (χ0) is 24.5. The molecule has 1 aliphatic rings. The molecule has 3 heterocycles. The summed E-state index contributed by atoms with van der Waals surface area (Å²) in [6, 6.07) is 15.8. The maximum Gasteiger partial charge on any atom is 0.412 e. The van der Waals surface area contributed by atoms with Gasteiger partial charge in [0.15, 0.2) is 17.2 Å². The van der Waals surface area contributed by atoms with Crippen LogP contribution in [-0.2, 0) is 0 Å². The number of nitrogens with one attached hydrogen (secondary N) is 1. The molecule has 0 saturated carbocycles. The Morgan fingerprint density at radius 1 is 1.14 bits per heavy atom. The van der Waals surface area contributed by atoms with Crippen molar-refractivity contribution >= 4 is 17.4 Å². The van der Waals surface area contributed by atoms with E-state index in [-0.39, 0.29) is 11.8 Å². The SMILES string of the molecule is COc1ccc(-c2c(C)nc3c(N4CCC(NC(=O)Oc5ccccc5)C4)cc(C)nn23)cc1F. The molecule has 35 heavy (non-hydrogen) atoms. The molecule has 1 N–H and O–H groups in total. The first-order valence-corrected chi connectivity index (χ1v) is 11.4. The molecular weight excluding hydrogens is 449 g/mol. The molecule has 5 rings (SSSR count). The highest BCUT2D eigenvalue weighted by Crippen LogP contribution is 2.32. The van der Waals surface area contributed by atoms with Gasteiger partial charge in [0.1, 0.15) is 5.75 Å². The maximum atomic E-state index is 14.4. The number of hydrogen-bond donors (Lipinski definition) is 1. The number of nitrogens with zero attached hydrogens (tertiary/aromatic N) is 4. The van der Waals surface area contributed by atoms with Crippen LogP contribution in [0, 0.1) is 19.7 Å². The molecule has 0 radical (unpaired) electrons. The van der Waals surface area contributed by atoms with E-state index in [4.69, 9.17) is 14.5 Å². The van der Waals surface area contributed by atoms with Crippen molar-refractivity contribution < 1.29 is 18.7 Å².